The Balaban J connectivity index is 3.74. The maximum Gasteiger partial charge on any atom is 0.292 e. The van der Waals surface area contributed by atoms with Gasteiger partial charge < -0.3 is 0 Å². The molecule has 0 aromatic carbocycles. The van der Waals surface area contributed by atoms with Gasteiger partial charge in [0.25, 0.3) is 3.12 Å². The minimum absolute atomic E-state index is 0.264. The Morgan fingerprint density at radius 1 is 1.56 bits per heavy atom. The second-order valence-electron chi connectivity index (χ2n) is 1.09. The van der Waals surface area contributed by atoms with Gasteiger partial charge in [-0.3, -0.25) is 4.18 Å². The van der Waals surface area contributed by atoms with Gasteiger partial charge in [0.1, 0.15) is 0 Å². The fourth-order valence-electron chi connectivity index (χ4n) is 0.174. The molecule has 6 heteroatoms. The van der Waals surface area contributed by atoms with Crippen LogP contribution in [0.4, 0.5) is 0 Å². The predicted molar refractivity (Wildman–Crippen MR) is 40.1 cm³/mol. The molecule has 1 unspecified atom stereocenters. The van der Waals surface area contributed by atoms with E-state index in [0.717, 1.165) is 0 Å². The van der Waals surface area contributed by atoms with Crippen molar-refractivity contribution in [2.75, 3.05) is 6.61 Å². The summed E-state index contributed by atoms with van der Waals surface area (Å²) in [5, 5.41) is 0. The van der Waals surface area contributed by atoms with Gasteiger partial charge in [0.05, 0.1) is 6.61 Å². The van der Waals surface area contributed by atoms with Gasteiger partial charge in [0, 0.05) is 0 Å². The van der Waals surface area contributed by atoms with Gasteiger partial charge in [-0.1, -0.05) is 34.8 Å². The smallest absolute Gasteiger partial charge is 0.288 e. The Hall–Kier alpha value is 0.980. The summed E-state index contributed by atoms with van der Waals surface area (Å²) in [6.07, 6.45) is 0. The van der Waals surface area contributed by atoms with Crippen LogP contribution in [0.25, 0.3) is 0 Å². The molecule has 0 saturated carbocycles. The van der Waals surface area contributed by atoms with E-state index >= 15 is 0 Å². The maximum atomic E-state index is 10.6. The molecule has 0 heterocycles. The van der Waals surface area contributed by atoms with Gasteiger partial charge in [-0.25, -0.2) is 4.21 Å². The van der Waals surface area contributed by atoms with Crippen molar-refractivity contribution in [2.45, 2.75) is 10.0 Å². The second kappa shape index (κ2) is 3.98. The molecule has 1 atom stereocenters. The highest BCUT2D eigenvalue weighted by Crippen LogP contribution is 2.30. The zero-order chi connectivity index (χ0) is 7.49. The zero-order valence-corrected chi connectivity index (χ0v) is 7.65. The van der Waals surface area contributed by atoms with Crippen LogP contribution in [0.5, 0.6) is 0 Å². The first-order valence-electron chi connectivity index (χ1n) is 2.10. The van der Waals surface area contributed by atoms with Crippen molar-refractivity contribution in [1.29, 1.82) is 0 Å². The summed E-state index contributed by atoms with van der Waals surface area (Å²) in [6, 6.07) is 0. The van der Waals surface area contributed by atoms with Gasteiger partial charge in [0.2, 0.25) is 11.1 Å². The van der Waals surface area contributed by atoms with Gasteiger partial charge in [-0.15, -0.1) is 0 Å². The Morgan fingerprint density at radius 3 is 2.11 bits per heavy atom. The van der Waals surface area contributed by atoms with Crippen LogP contribution < -0.4 is 0 Å². The molecular weight excluding hydrogens is 206 g/mol. The average Bonchev–Trinajstić information content (AvgIpc) is 1.64. The standard InChI is InChI=1S/C3H5Cl3O2S/c1-2-8-9(7)3(4,5)6/h2H2,1H3. The lowest BCUT2D eigenvalue weighted by molar-refractivity contribution is 0.371. The molecule has 0 bridgehead atoms. The molecular formula is C3H5Cl3O2S. The van der Waals surface area contributed by atoms with Crippen molar-refractivity contribution in [3.05, 3.63) is 0 Å². The van der Waals surface area contributed by atoms with E-state index in [1.807, 2.05) is 0 Å². The van der Waals surface area contributed by atoms with E-state index in [1.165, 1.54) is 0 Å². The largest absolute Gasteiger partial charge is 0.292 e. The molecule has 56 valence electrons. The van der Waals surface area contributed by atoms with E-state index in [-0.39, 0.29) is 6.61 Å². The highest BCUT2D eigenvalue weighted by molar-refractivity contribution is 7.86. The fourth-order valence-corrected chi connectivity index (χ4v) is 0.922. The first-order chi connectivity index (χ1) is 3.98. The summed E-state index contributed by atoms with van der Waals surface area (Å²) in [6.45, 7) is 1.93. The fraction of sp³-hybridized carbons (Fsp3) is 1.00. The van der Waals surface area contributed by atoms with Gasteiger partial charge in [-0.05, 0) is 6.92 Å². The van der Waals surface area contributed by atoms with Gasteiger partial charge in [0.15, 0.2) is 0 Å². The molecule has 2 nitrogen and oxygen atoms in total. The van der Waals surface area contributed by atoms with Crippen LogP contribution >= 0.6 is 34.8 Å². The molecule has 9 heavy (non-hydrogen) atoms. The van der Waals surface area contributed by atoms with E-state index in [9.17, 15) is 4.21 Å². The van der Waals surface area contributed by atoms with Crippen LogP contribution in [0.15, 0.2) is 0 Å². The molecule has 0 radical (unpaired) electrons. The van der Waals surface area contributed by atoms with Crippen LogP contribution in [-0.2, 0) is 15.3 Å². The molecule has 0 aromatic rings. The van der Waals surface area contributed by atoms with Crippen molar-refractivity contribution < 1.29 is 8.39 Å². The Kier molecular flexibility index (Phi) is 4.42. The summed E-state index contributed by atoms with van der Waals surface area (Å²) in [7, 11) is 0. The van der Waals surface area contributed by atoms with E-state index in [4.69, 9.17) is 34.8 Å². The van der Waals surface area contributed by atoms with Crippen LogP contribution in [0.2, 0.25) is 0 Å². The number of alkyl halides is 3. The minimum Gasteiger partial charge on any atom is -0.288 e. The number of hydrogen-bond acceptors (Lipinski definition) is 2. The summed E-state index contributed by atoms with van der Waals surface area (Å²) >= 11 is 13.7. The molecule has 0 fully saturated rings. The van der Waals surface area contributed by atoms with Crippen molar-refractivity contribution in [3.63, 3.8) is 0 Å². The van der Waals surface area contributed by atoms with Crippen LogP contribution in [0, 0.1) is 0 Å². The number of halogens is 3. The van der Waals surface area contributed by atoms with Crippen LogP contribution in [-0.4, -0.2) is 13.9 Å². The monoisotopic (exact) mass is 210 g/mol. The lowest BCUT2D eigenvalue weighted by Gasteiger charge is -2.07. The van der Waals surface area contributed by atoms with E-state index in [1.54, 1.807) is 6.92 Å². The highest BCUT2D eigenvalue weighted by Gasteiger charge is 2.29. The van der Waals surface area contributed by atoms with Crippen molar-refractivity contribution >= 4 is 45.9 Å². The molecule has 0 aromatic heterocycles. The molecule has 0 spiro atoms. The second-order valence-corrected chi connectivity index (χ2v) is 5.36. The topological polar surface area (TPSA) is 26.3 Å². The van der Waals surface area contributed by atoms with Gasteiger partial charge >= 0.3 is 0 Å². The van der Waals surface area contributed by atoms with Crippen molar-refractivity contribution in [1.82, 2.24) is 0 Å². The Bertz CT molecular complexity index is 110. The summed E-state index contributed by atoms with van der Waals surface area (Å²) < 4.78 is 13.2. The Morgan fingerprint density at radius 2 is 2.00 bits per heavy atom. The lowest BCUT2D eigenvalue weighted by Crippen LogP contribution is -2.14. The van der Waals surface area contributed by atoms with Crippen molar-refractivity contribution in [2.24, 2.45) is 0 Å². The van der Waals surface area contributed by atoms with E-state index in [0.29, 0.717) is 0 Å². The molecule has 0 rings (SSSR count). The quantitative estimate of drug-likeness (QED) is 0.653. The van der Waals surface area contributed by atoms with Crippen LogP contribution in [0.1, 0.15) is 6.92 Å². The summed E-state index contributed by atoms with van der Waals surface area (Å²) in [4.78, 5) is 0. The first kappa shape index (κ1) is 9.98. The normalized spacial score (nSPS) is 15.6. The third-order valence-electron chi connectivity index (χ3n) is 0.414. The third kappa shape index (κ3) is 4.39. The highest BCUT2D eigenvalue weighted by atomic mass is 35.6. The van der Waals surface area contributed by atoms with E-state index < -0.39 is 14.2 Å². The summed E-state index contributed by atoms with van der Waals surface area (Å²) in [5.41, 5.74) is 0. The van der Waals surface area contributed by atoms with Crippen molar-refractivity contribution in [3.8, 4) is 0 Å². The lowest BCUT2D eigenvalue weighted by atomic mass is 10.9. The summed E-state index contributed by atoms with van der Waals surface area (Å²) in [5.74, 6) is 0. The minimum atomic E-state index is -1.84. The van der Waals surface area contributed by atoms with Gasteiger partial charge in [-0.2, -0.15) is 0 Å². The Labute approximate surface area is 71.1 Å². The number of rotatable bonds is 2. The zero-order valence-electron chi connectivity index (χ0n) is 4.57. The van der Waals surface area contributed by atoms with Crippen LogP contribution in [0.3, 0.4) is 0 Å². The first-order valence-corrected chi connectivity index (χ1v) is 4.31. The molecule has 0 N–H and O–H groups in total. The average molecular weight is 211 g/mol. The molecule has 0 aliphatic carbocycles. The SMILES string of the molecule is CCOS(=O)C(Cl)(Cl)Cl. The maximum absolute atomic E-state index is 10.6. The molecule has 0 aliphatic rings. The predicted octanol–water partition coefficient (Wildman–Crippen LogP) is 2.01. The number of hydrogen-bond donors (Lipinski definition) is 0. The van der Waals surface area contributed by atoms with E-state index in [2.05, 4.69) is 4.18 Å². The molecule has 0 aliphatic heterocycles. The molecule has 0 amide bonds. The third-order valence-corrected chi connectivity index (χ3v) is 2.38. The molecule has 0 saturated heterocycles.